The first-order chi connectivity index (χ1) is 16.5. The number of H-pyrrole nitrogens is 1. The van der Waals surface area contributed by atoms with Gasteiger partial charge in [0, 0.05) is 44.9 Å². The van der Waals surface area contributed by atoms with E-state index in [1.54, 1.807) is 30.3 Å². The van der Waals surface area contributed by atoms with Crippen LogP contribution in [0.15, 0.2) is 23.5 Å². The molecule has 1 aliphatic rings. The molecule has 11 heteroatoms. The second kappa shape index (κ2) is 10.3. The first kappa shape index (κ1) is 23.1. The molecule has 0 aliphatic carbocycles. The summed E-state index contributed by atoms with van der Waals surface area (Å²) < 4.78 is 16.9. The van der Waals surface area contributed by atoms with Crippen LogP contribution in [0.5, 0.6) is 23.1 Å². The first-order valence-corrected chi connectivity index (χ1v) is 11.0. The van der Waals surface area contributed by atoms with E-state index in [2.05, 4.69) is 25.3 Å². The van der Waals surface area contributed by atoms with E-state index in [0.29, 0.717) is 77.9 Å². The van der Waals surface area contributed by atoms with Gasteiger partial charge < -0.3 is 34.5 Å². The number of ether oxygens (including phenoxy) is 3. The number of methoxy groups -OCH3 is 2. The fourth-order valence-corrected chi connectivity index (χ4v) is 3.77. The predicted molar refractivity (Wildman–Crippen MR) is 128 cm³/mol. The maximum Gasteiger partial charge on any atom is 0.222 e. The number of nitrogens with one attached hydrogen (secondary N) is 2. The molecular weight excluding hydrogens is 440 g/mol. The highest BCUT2D eigenvalue weighted by Gasteiger charge is 2.18. The largest absolute Gasteiger partial charge is 0.494 e. The number of aliphatic imine (C=N–C) groups is 1. The quantitative estimate of drug-likeness (QED) is 0.523. The van der Waals surface area contributed by atoms with E-state index in [1.165, 1.54) is 20.5 Å². The molecule has 1 aromatic carbocycles. The van der Waals surface area contributed by atoms with Gasteiger partial charge in [-0.2, -0.15) is 0 Å². The van der Waals surface area contributed by atoms with Gasteiger partial charge in [0.1, 0.15) is 17.8 Å². The van der Waals surface area contributed by atoms with Crippen molar-refractivity contribution in [1.29, 1.82) is 0 Å². The zero-order valence-electron chi connectivity index (χ0n) is 19.4. The van der Waals surface area contributed by atoms with Crippen LogP contribution in [0.25, 0.3) is 11.0 Å². The topological polar surface area (TPSA) is 134 Å². The standard InChI is InChI=1S/C23H28N6O5/c1-29-8-5-7-24-21-19-15(23(31)28-22(19)27-13-26-21)12-25-14-10-16(32-2)20(33-3)17(11-14)34-9-4-6-18(29)30/h10-13,31H,4-9H2,1-3H3,(H2,24,26,27,28). The highest BCUT2D eigenvalue weighted by molar-refractivity contribution is 6.06. The minimum atomic E-state index is -0.0704. The molecule has 0 radical (unpaired) electrons. The Balaban J connectivity index is 1.77. The smallest absolute Gasteiger partial charge is 0.222 e. The molecule has 34 heavy (non-hydrogen) atoms. The number of carbonyl (C=O) groups excluding carboxylic acids is 1. The van der Waals surface area contributed by atoms with Crippen molar-refractivity contribution in [2.75, 3.05) is 46.3 Å². The van der Waals surface area contributed by atoms with E-state index in [0.717, 1.165) is 6.42 Å². The van der Waals surface area contributed by atoms with Crippen LogP contribution >= 0.6 is 0 Å². The Morgan fingerprint density at radius 3 is 2.82 bits per heavy atom. The molecule has 2 bridgehead atoms. The molecule has 0 atom stereocenters. The van der Waals surface area contributed by atoms with E-state index in [1.807, 2.05) is 0 Å². The van der Waals surface area contributed by atoms with Crippen LogP contribution in [0.3, 0.4) is 0 Å². The lowest BCUT2D eigenvalue weighted by atomic mass is 10.2. The average molecular weight is 469 g/mol. The highest BCUT2D eigenvalue weighted by atomic mass is 16.5. The van der Waals surface area contributed by atoms with Crippen LogP contribution in [0.1, 0.15) is 24.8 Å². The van der Waals surface area contributed by atoms with E-state index < -0.39 is 0 Å². The van der Waals surface area contributed by atoms with E-state index >= 15 is 0 Å². The molecule has 1 aliphatic heterocycles. The van der Waals surface area contributed by atoms with Gasteiger partial charge >= 0.3 is 0 Å². The Morgan fingerprint density at radius 2 is 2.03 bits per heavy atom. The summed E-state index contributed by atoms with van der Waals surface area (Å²) in [5.74, 6) is 1.88. The van der Waals surface area contributed by atoms with Gasteiger partial charge in [-0.05, 0) is 12.8 Å². The van der Waals surface area contributed by atoms with Crippen molar-refractivity contribution >= 4 is 34.7 Å². The number of carbonyl (C=O) groups is 1. The number of anilines is 1. The Morgan fingerprint density at radius 1 is 1.18 bits per heavy atom. The van der Waals surface area contributed by atoms with Crippen LogP contribution in [0.4, 0.5) is 11.5 Å². The van der Waals surface area contributed by atoms with Gasteiger partial charge in [-0.3, -0.25) is 9.79 Å². The van der Waals surface area contributed by atoms with Crippen molar-refractivity contribution in [2.24, 2.45) is 4.99 Å². The lowest BCUT2D eigenvalue weighted by Gasteiger charge is -2.18. The number of hydrogen-bond donors (Lipinski definition) is 3. The van der Waals surface area contributed by atoms with E-state index in [-0.39, 0.29) is 11.8 Å². The van der Waals surface area contributed by atoms with Crippen molar-refractivity contribution in [3.05, 3.63) is 24.0 Å². The number of benzene rings is 1. The maximum atomic E-state index is 12.5. The average Bonchev–Trinajstić information content (AvgIpc) is 3.17. The summed E-state index contributed by atoms with van der Waals surface area (Å²) in [7, 11) is 4.85. The van der Waals surface area contributed by atoms with Crippen LogP contribution in [-0.4, -0.2) is 78.0 Å². The number of aromatic amines is 1. The third kappa shape index (κ3) is 4.82. The summed E-state index contributed by atoms with van der Waals surface area (Å²) in [6.07, 6.45) is 4.62. The highest BCUT2D eigenvalue weighted by Crippen LogP contribution is 2.41. The van der Waals surface area contributed by atoms with Gasteiger partial charge in [0.2, 0.25) is 11.7 Å². The van der Waals surface area contributed by atoms with E-state index in [4.69, 9.17) is 14.2 Å². The van der Waals surface area contributed by atoms with Gasteiger partial charge in [-0.1, -0.05) is 0 Å². The fraction of sp³-hybridized carbons (Fsp3) is 0.391. The molecule has 1 amide bonds. The molecule has 3 aromatic rings. The minimum Gasteiger partial charge on any atom is -0.494 e. The van der Waals surface area contributed by atoms with Gasteiger partial charge in [0.15, 0.2) is 17.4 Å². The van der Waals surface area contributed by atoms with Crippen molar-refractivity contribution in [3.63, 3.8) is 0 Å². The number of amides is 1. The van der Waals surface area contributed by atoms with Gasteiger partial charge in [-0.25, -0.2) is 9.97 Å². The lowest BCUT2D eigenvalue weighted by molar-refractivity contribution is -0.130. The lowest BCUT2D eigenvalue weighted by Crippen LogP contribution is -2.29. The molecule has 2 aromatic heterocycles. The molecule has 3 heterocycles. The molecule has 0 fully saturated rings. The summed E-state index contributed by atoms with van der Waals surface area (Å²) in [5, 5.41) is 14.4. The van der Waals surface area contributed by atoms with Gasteiger partial charge in [0.05, 0.1) is 37.5 Å². The number of hydrogen-bond acceptors (Lipinski definition) is 9. The molecule has 0 unspecified atom stereocenters. The number of aromatic nitrogens is 3. The Bertz CT molecular complexity index is 1210. The van der Waals surface area contributed by atoms with Crippen molar-refractivity contribution in [3.8, 4) is 23.1 Å². The molecular formula is C23H28N6O5. The number of aromatic hydroxyl groups is 1. The summed E-state index contributed by atoms with van der Waals surface area (Å²) >= 11 is 0. The summed E-state index contributed by atoms with van der Waals surface area (Å²) in [6.45, 7) is 1.52. The van der Waals surface area contributed by atoms with Crippen molar-refractivity contribution in [1.82, 2.24) is 19.9 Å². The fourth-order valence-electron chi connectivity index (χ4n) is 3.77. The third-order valence-corrected chi connectivity index (χ3v) is 5.56. The van der Waals surface area contributed by atoms with Gasteiger partial charge in [-0.15, -0.1) is 0 Å². The second-order valence-electron chi connectivity index (χ2n) is 7.82. The molecule has 0 saturated carbocycles. The summed E-state index contributed by atoms with van der Waals surface area (Å²) in [5.41, 5.74) is 1.46. The minimum absolute atomic E-state index is 0.0508. The van der Waals surface area contributed by atoms with Gasteiger partial charge in [0.25, 0.3) is 0 Å². The number of nitrogens with zero attached hydrogens (tertiary/aromatic N) is 4. The predicted octanol–water partition coefficient (Wildman–Crippen LogP) is 2.86. The molecule has 180 valence electrons. The first-order valence-electron chi connectivity index (χ1n) is 11.0. The zero-order valence-corrected chi connectivity index (χ0v) is 19.4. The molecule has 0 spiro atoms. The summed E-state index contributed by atoms with van der Waals surface area (Å²) in [4.78, 5) is 30.1. The van der Waals surface area contributed by atoms with Crippen LogP contribution in [0.2, 0.25) is 0 Å². The normalized spacial score (nSPS) is 15.3. The van der Waals surface area contributed by atoms with E-state index in [9.17, 15) is 9.90 Å². The molecule has 0 saturated heterocycles. The summed E-state index contributed by atoms with van der Waals surface area (Å²) in [6, 6.07) is 3.43. The SMILES string of the molecule is COc1cc2cc(c1OC)OCCCC(=O)N(C)CCCNc1ncnc3[nH]c(O)c(c13)C=N2. The molecule has 11 nitrogen and oxygen atoms in total. The van der Waals surface area contributed by atoms with Crippen LogP contribution in [0, 0.1) is 0 Å². The number of rotatable bonds is 2. The van der Waals surface area contributed by atoms with Crippen LogP contribution < -0.4 is 19.5 Å². The monoisotopic (exact) mass is 468 g/mol. The Labute approximate surface area is 196 Å². The zero-order chi connectivity index (χ0) is 24.1. The van der Waals surface area contributed by atoms with Crippen molar-refractivity contribution in [2.45, 2.75) is 19.3 Å². The Kier molecular flexibility index (Phi) is 7.00. The maximum absolute atomic E-state index is 12.5. The molecule has 3 N–H and O–H groups in total. The Hall–Kier alpha value is -4.02. The number of fused-ring (bicyclic) bond motifs is 2. The molecule has 4 rings (SSSR count). The second-order valence-corrected chi connectivity index (χ2v) is 7.82. The third-order valence-electron chi connectivity index (χ3n) is 5.56. The van der Waals surface area contributed by atoms with Crippen molar-refractivity contribution < 1.29 is 24.1 Å². The van der Waals surface area contributed by atoms with Crippen LogP contribution in [-0.2, 0) is 4.79 Å².